The number of carbonyl (C=O) groups excluding carboxylic acids is 1. The molecule has 6 nitrogen and oxygen atoms in total. The standard InChI is InChI=1S/C19H23N3O3S/c1-3-24-19(23)17-16(15(12-20)18(21)26-17)13-22(2)10-7-11-25-14-8-5-4-6-9-14/h4-6,8-9H,3,7,10-11,13,21H2,1-2H3. The highest BCUT2D eigenvalue weighted by molar-refractivity contribution is 7.18. The lowest BCUT2D eigenvalue weighted by Gasteiger charge is -2.17. The Kier molecular flexibility index (Phi) is 7.45. The Bertz CT molecular complexity index is 768. The van der Waals surface area contributed by atoms with Crippen LogP contribution in [0.25, 0.3) is 0 Å². The van der Waals surface area contributed by atoms with Gasteiger partial charge in [0.1, 0.15) is 21.7 Å². The molecule has 1 aromatic heterocycles. The van der Waals surface area contributed by atoms with Crippen molar-refractivity contribution in [2.75, 3.05) is 32.5 Å². The monoisotopic (exact) mass is 373 g/mol. The molecule has 2 rings (SSSR count). The number of ether oxygens (including phenoxy) is 2. The number of nitriles is 1. The van der Waals surface area contributed by atoms with Crippen LogP contribution in [-0.4, -0.2) is 37.7 Å². The van der Waals surface area contributed by atoms with Gasteiger partial charge in [0.2, 0.25) is 0 Å². The van der Waals surface area contributed by atoms with Crippen molar-refractivity contribution in [2.45, 2.75) is 19.9 Å². The van der Waals surface area contributed by atoms with Gasteiger partial charge in [-0.1, -0.05) is 18.2 Å². The molecule has 0 radical (unpaired) electrons. The molecule has 0 amide bonds. The molecule has 0 atom stereocenters. The second-order valence-corrected chi connectivity index (χ2v) is 6.79. The fourth-order valence-corrected chi connectivity index (χ4v) is 3.43. The summed E-state index contributed by atoms with van der Waals surface area (Å²) in [5.41, 5.74) is 6.90. The summed E-state index contributed by atoms with van der Waals surface area (Å²) in [7, 11) is 1.94. The van der Waals surface area contributed by atoms with Gasteiger partial charge in [-0.25, -0.2) is 4.79 Å². The Hall–Kier alpha value is -2.56. The number of hydrogen-bond donors (Lipinski definition) is 1. The van der Waals surface area contributed by atoms with Gasteiger partial charge < -0.3 is 20.1 Å². The van der Waals surface area contributed by atoms with Crippen molar-refractivity contribution in [1.29, 1.82) is 5.26 Å². The van der Waals surface area contributed by atoms with Gasteiger partial charge in [-0.15, -0.1) is 11.3 Å². The molecule has 2 aromatic rings. The fraction of sp³-hybridized carbons (Fsp3) is 0.368. The van der Waals surface area contributed by atoms with E-state index in [0.717, 1.165) is 30.1 Å². The summed E-state index contributed by atoms with van der Waals surface area (Å²) in [5, 5.41) is 9.72. The van der Waals surface area contributed by atoms with Gasteiger partial charge in [0, 0.05) is 18.7 Å². The number of thiophene rings is 1. The molecule has 7 heteroatoms. The van der Waals surface area contributed by atoms with Crippen molar-refractivity contribution in [3.05, 3.63) is 46.3 Å². The SMILES string of the molecule is CCOC(=O)c1sc(N)c(C#N)c1CN(C)CCCOc1ccccc1. The second kappa shape index (κ2) is 9.80. The summed E-state index contributed by atoms with van der Waals surface area (Å²) >= 11 is 1.11. The van der Waals surface area contributed by atoms with Gasteiger partial charge in [0.25, 0.3) is 0 Å². The molecule has 138 valence electrons. The van der Waals surface area contributed by atoms with Gasteiger partial charge in [0.15, 0.2) is 0 Å². The highest BCUT2D eigenvalue weighted by Crippen LogP contribution is 2.32. The Morgan fingerprint density at radius 1 is 1.35 bits per heavy atom. The third kappa shape index (κ3) is 5.22. The predicted molar refractivity (Wildman–Crippen MR) is 102 cm³/mol. The number of rotatable bonds is 9. The smallest absolute Gasteiger partial charge is 0.348 e. The van der Waals surface area contributed by atoms with Gasteiger partial charge >= 0.3 is 5.97 Å². The van der Waals surface area contributed by atoms with E-state index < -0.39 is 5.97 Å². The molecule has 0 aliphatic heterocycles. The van der Waals surface area contributed by atoms with Gasteiger partial charge in [-0.05, 0) is 32.5 Å². The fourth-order valence-electron chi connectivity index (χ4n) is 2.51. The predicted octanol–water partition coefficient (Wildman–Crippen LogP) is 3.28. The maximum absolute atomic E-state index is 12.1. The van der Waals surface area contributed by atoms with Crippen molar-refractivity contribution in [2.24, 2.45) is 0 Å². The Balaban J connectivity index is 1.94. The molecular formula is C19H23N3O3S. The number of carbonyl (C=O) groups is 1. The van der Waals surface area contributed by atoms with Crippen LogP contribution in [0.3, 0.4) is 0 Å². The van der Waals surface area contributed by atoms with Crippen LogP contribution < -0.4 is 10.5 Å². The molecule has 2 N–H and O–H groups in total. The maximum atomic E-state index is 12.1. The number of nitrogen functional groups attached to an aromatic ring is 1. The Labute approximate surface area is 157 Å². The van der Waals surface area contributed by atoms with Gasteiger partial charge in [0.05, 0.1) is 18.8 Å². The summed E-state index contributed by atoms with van der Waals surface area (Å²) in [4.78, 5) is 14.6. The first kappa shape index (κ1) is 19.8. The van der Waals surface area contributed by atoms with Crippen molar-refractivity contribution in [1.82, 2.24) is 4.90 Å². The van der Waals surface area contributed by atoms with Crippen LogP contribution >= 0.6 is 11.3 Å². The first-order valence-corrected chi connectivity index (χ1v) is 9.23. The molecule has 1 aromatic carbocycles. The second-order valence-electron chi connectivity index (χ2n) is 5.73. The number of anilines is 1. The van der Waals surface area contributed by atoms with E-state index in [9.17, 15) is 10.1 Å². The average Bonchev–Trinajstić information content (AvgIpc) is 2.95. The first-order chi connectivity index (χ1) is 12.6. The van der Waals surface area contributed by atoms with Gasteiger partial charge in [-0.3, -0.25) is 0 Å². The number of para-hydroxylation sites is 1. The van der Waals surface area contributed by atoms with E-state index in [4.69, 9.17) is 15.2 Å². The lowest BCUT2D eigenvalue weighted by atomic mass is 10.1. The quantitative estimate of drug-likeness (QED) is 0.536. The topological polar surface area (TPSA) is 88.6 Å². The molecular weight excluding hydrogens is 350 g/mol. The van der Waals surface area contributed by atoms with Crippen LogP contribution in [0.5, 0.6) is 5.75 Å². The molecule has 0 fully saturated rings. The summed E-state index contributed by atoms with van der Waals surface area (Å²) < 4.78 is 10.8. The van der Waals surface area contributed by atoms with E-state index >= 15 is 0 Å². The number of benzene rings is 1. The minimum absolute atomic E-state index is 0.282. The third-order valence-electron chi connectivity index (χ3n) is 3.73. The van der Waals surface area contributed by atoms with E-state index in [2.05, 4.69) is 6.07 Å². The van der Waals surface area contributed by atoms with Crippen LogP contribution in [0, 0.1) is 11.3 Å². The van der Waals surface area contributed by atoms with Crippen molar-refractivity contribution < 1.29 is 14.3 Å². The van der Waals surface area contributed by atoms with Crippen LogP contribution in [-0.2, 0) is 11.3 Å². The number of esters is 1. The molecule has 0 aliphatic rings. The van der Waals surface area contributed by atoms with E-state index in [-0.39, 0.29) is 6.61 Å². The maximum Gasteiger partial charge on any atom is 0.348 e. The summed E-state index contributed by atoms with van der Waals surface area (Å²) in [5.74, 6) is 0.415. The lowest BCUT2D eigenvalue weighted by Crippen LogP contribution is -2.22. The normalized spacial score (nSPS) is 10.5. The van der Waals surface area contributed by atoms with Crippen molar-refractivity contribution in [3.63, 3.8) is 0 Å². The zero-order chi connectivity index (χ0) is 18.9. The number of hydrogen-bond acceptors (Lipinski definition) is 7. The summed E-state index contributed by atoms with van der Waals surface area (Å²) in [6, 6.07) is 11.8. The molecule has 26 heavy (non-hydrogen) atoms. The summed E-state index contributed by atoms with van der Waals surface area (Å²) in [6.45, 7) is 3.84. The minimum Gasteiger partial charge on any atom is -0.494 e. The van der Waals surface area contributed by atoms with Crippen LogP contribution in [0.4, 0.5) is 5.00 Å². The molecule has 0 saturated heterocycles. The highest BCUT2D eigenvalue weighted by Gasteiger charge is 2.23. The molecule has 0 saturated carbocycles. The Morgan fingerprint density at radius 2 is 2.08 bits per heavy atom. The largest absolute Gasteiger partial charge is 0.494 e. The zero-order valence-electron chi connectivity index (χ0n) is 15.0. The van der Waals surface area contributed by atoms with E-state index in [1.807, 2.05) is 42.3 Å². The first-order valence-electron chi connectivity index (χ1n) is 8.41. The molecule has 0 unspecified atom stereocenters. The van der Waals surface area contributed by atoms with Crippen LogP contribution in [0.1, 0.15) is 34.1 Å². The summed E-state index contributed by atoms with van der Waals surface area (Å²) in [6.07, 6.45) is 0.821. The number of nitrogens with two attached hydrogens (primary N) is 1. The number of nitrogens with zero attached hydrogens (tertiary/aromatic N) is 2. The van der Waals surface area contributed by atoms with E-state index in [1.165, 1.54) is 0 Å². The lowest BCUT2D eigenvalue weighted by molar-refractivity contribution is 0.0530. The van der Waals surface area contributed by atoms with E-state index in [0.29, 0.717) is 34.2 Å². The highest BCUT2D eigenvalue weighted by atomic mass is 32.1. The molecule has 0 spiro atoms. The van der Waals surface area contributed by atoms with Gasteiger partial charge in [-0.2, -0.15) is 5.26 Å². The molecule has 0 bridgehead atoms. The van der Waals surface area contributed by atoms with Crippen LogP contribution in [0.15, 0.2) is 30.3 Å². The zero-order valence-corrected chi connectivity index (χ0v) is 15.8. The van der Waals surface area contributed by atoms with Crippen molar-refractivity contribution in [3.8, 4) is 11.8 Å². The Morgan fingerprint density at radius 3 is 2.73 bits per heavy atom. The average molecular weight is 373 g/mol. The third-order valence-corrected chi connectivity index (χ3v) is 4.77. The van der Waals surface area contributed by atoms with Crippen molar-refractivity contribution >= 4 is 22.3 Å². The van der Waals surface area contributed by atoms with E-state index in [1.54, 1.807) is 6.92 Å². The minimum atomic E-state index is -0.429. The molecule has 1 heterocycles. The van der Waals surface area contributed by atoms with Crippen LogP contribution in [0.2, 0.25) is 0 Å². The molecule has 0 aliphatic carbocycles.